The van der Waals surface area contributed by atoms with E-state index in [4.69, 9.17) is 15.6 Å². The van der Waals surface area contributed by atoms with Crippen LogP contribution in [0.2, 0.25) is 0 Å². The van der Waals surface area contributed by atoms with Crippen LogP contribution in [0.5, 0.6) is 0 Å². The van der Waals surface area contributed by atoms with Crippen molar-refractivity contribution in [2.75, 3.05) is 19.8 Å². The van der Waals surface area contributed by atoms with E-state index < -0.39 is 5.41 Å². The van der Waals surface area contributed by atoms with Gasteiger partial charge < -0.3 is 15.6 Å². The lowest BCUT2D eigenvalue weighted by Gasteiger charge is -2.29. The van der Waals surface area contributed by atoms with E-state index in [9.17, 15) is 4.79 Å². The Hall–Kier alpha value is -0.610. The van der Waals surface area contributed by atoms with Gasteiger partial charge in [0.25, 0.3) is 0 Å². The third-order valence-electron chi connectivity index (χ3n) is 2.64. The van der Waals surface area contributed by atoms with Crippen molar-refractivity contribution in [3.05, 3.63) is 0 Å². The number of carbonyl (C=O) groups is 1. The third kappa shape index (κ3) is 4.18. The van der Waals surface area contributed by atoms with E-state index in [1.54, 1.807) is 6.92 Å². The average molecular weight is 217 g/mol. The zero-order valence-corrected chi connectivity index (χ0v) is 9.79. The topological polar surface area (TPSA) is 72.5 Å². The van der Waals surface area contributed by atoms with E-state index in [2.05, 4.69) is 0 Å². The molecule has 0 aliphatic rings. The van der Waals surface area contributed by atoms with Gasteiger partial charge in [0.15, 0.2) is 0 Å². The van der Waals surface area contributed by atoms with Crippen LogP contribution in [0.25, 0.3) is 0 Å². The first-order chi connectivity index (χ1) is 7.16. The predicted molar refractivity (Wildman–Crippen MR) is 59.3 cm³/mol. The maximum absolute atomic E-state index is 11.8. The first-order valence-corrected chi connectivity index (χ1v) is 5.65. The molecule has 0 amide bonds. The van der Waals surface area contributed by atoms with Crippen LogP contribution < -0.4 is 5.73 Å². The van der Waals surface area contributed by atoms with Crippen LogP contribution in [0.1, 0.15) is 39.5 Å². The number of esters is 1. The van der Waals surface area contributed by atoms with Gasteiger partial charge in [-0.25, -0.2) is 0 Å². The number of nitrogens with two attached hydrogens (primary N) is 1. The molecular formula is C11H23NO3. The van der Waals surface area contributed by atoms with E-state index in [-0.39, 0.29) is 12.6 Å². The van der Waals surface area contributed by atoms with Gasteiger partial charge in [0.2, 0.25) is 0 Å². The van der Waals surface area contributed by atoms with Crippen molar-refractivity contribution in [2.24, 2.45) is 11.1 Å². The molecule has 0 saturated carbocycles. The number of hydrogen-bond acceptors (Lipinski definition) is 4. The molecule has 0 aromatic heterocycles. The van der Waals surface area contributed by atoms with Crippen LogP contribution in [0, 0.1) is 5.41 Å². The van der Waals surface area contributed by atoms with Crippen LogP contribution in [-0.2, 0) is 9.53 Å². The standard InChI is InChI=1S/C11H23NO3/c1-3-6-11(9-12,7-5-8-13)10(14)15-4-2/h13H,3-9,12H2,1-2H3. The number of aliphatic hydroxyl groups excluding tert-OH is 1. The molecule has 3 N–H and O–H groups in total. The second-order valence-electron chi connectivity index (χ2n) is 3.78. The summed E-state index contributed by atoms with van der Waals surface area (Å²) < 4.78 is 5.05. The Morgan fingerprint density at radius 3 is 2.47 bits per heavy atom. The number of hydrogen-bond donors (Lipinski definition) is 2. The highest BCUT2D eigenvalue weighted by molar-refractivity contribution is 5.77. The molecule has 4 nitrogen and oxygen atoms in total. The van der Waals surface area contributed by atoms with Gasteiger partial charge in [-0.3, -0.25) is 4.79 Å². The Kier molecular flexibility index (Phi) is 7.34. The van der Waals surface area contributed by atoms with Gasteiger partial charge in [0, 0.05) is 13.2 Å². The molecular weight excluding hydrogens is 194 g/mol. The summed E-state index contributed by atoms with van der Waals surface area (Å²) in [6.07, 6.45) is 2.81. The molecule has 0 heterocycles. The zero-order chi connectivity index (χ0) is 11.7. The van der Waals surface area contributed by atoms with Gasteiger partial charge >= 0.3 is 5.97 Å². The van der Waals surface area contributed by atoms with Crippen molar-refractivity contribution in [2.45, 2.75) is 39.5 Å². The third-order valence-corrected chi connectivity index (χ3v) is 2.64. The lowest BCUT2D eigenvalue weighted by Crippen LogP contribution is -2.40. The lowest BCUT2D eigenvalue weighted by molar-refractivity contribution is -0.156. The average Bonchev–Trinajstić information content (AvgIpc) is 2.24. The fourth-order valence-corrected chi connectivity index (χ4v) is 1.80. The van der Waals surface area contributed by atoms with Crippen molar-refractivity contribution in [3.63, 3.8) is 0 Å². The van der Waals surface area contributed by atoms with Gasteiger partial charge in [0.05, 0.1) is 12.0 Å². The smallest absolute Gasteiger partial charge is 0.313 e. The highest BCUT2D eigenvalue weighted by Crippen LogP contribution is 2.30. The van der Waals surface area contributed by atoms with E-state index in [0.717, 1.165) is 12.8 Å². The number of carbonyl (C=O) groups excluding carboxylic acids is 1. The van der Waals surface area contributed by atoms with Crippen molar-refractivity contribution in [3.8, 4) is 0 Å². The SMILES string of the molecule is CCCC(CN)(CCCO)C(=O)OCC. The molecule has 15 heavy (non-hydrogen) atoms. The summed E-state index contributed by atoms with van der Waals surface area (Å²) in [5.74, 6) is -0.220. The molecule has 0 spiro atoms. The van der Waals surface area contributed by atoms with Crippen LogP contribution in [-0.4, -0.2) is 30.8 Å². The van der Waals surface area contributed by atoms with E-state index in [0.29, 0.717) is 26.0 Å². The molecule has 0 rings (SSSR count). The summed E-state index contributed by atoms with van der Waals surface area (Å²) in [5.41, 5.74) is 5.09. The summed E-state index contributed by atoms with van der Waals surface area (Å²) in [6.45, 7) is 4.56. The van der Waals surface area contributed by atoms with Gasteiger partial charge in [-0.15, -0.1) is 0 Å². The molecule has 0 radical (unpaired) electrons. The molecule has 0 bridgehead atoms. The largest absolute Gasteiger partial charge is 0.466 e. The Morgan fingerprint density at radius 1 is 1.40 bits per heavy atom. The highest BCUT2D eigenvalue weighted by atomic mass is 16.5. The summed E-state index contributed by atoms with van der Waals surface area (Å²) >= 11 is 0. The lowest BCUT2D eigenvalue weighted by atomic mass is 9.79. The van der Waals surface area contributed by atoms with Crippen LogP contribution in [0.3, 0.4) is 0 Å². The maximum Gasteiger partial charge on any atom is 0.313 e. The fraction of sp³-hybridized carbons (Fsp3) is 0.909. The van der Waals surface area contributed by atoms with E-state index in [1.165, 1.54) is 0 Å². The molecule has 0 aliphatic heterocycles. The Balaban J connectivity index is 4.54. The Bertz CT molecular complexity index is 185. The highest BCUT2D eigenvalue weighted by Gasteiger charge is 2.36. The van der Waals surface area contributed by atoms with Gasteiger partial charge in [-0.1, -0.05) is 13.3 Å². The summed E-state index contributed by atoms with van der Waals surface area (Å²) in [4.78, 5) is 11.8. The van der Waals surface area contributed by atoms with Crippen LogP contribution >= 0.6 is 0 Å². The summed E-state index contributed by atoms with van der Waals surface area (Å²) in [6, 6.07) is 0. The number of rotatable bonds is 8. The quantitative estimate of drug-likeness (QED) is 0.596. The minimum atomic E-state index is -0.590. The van der Waals surface area contributed by atoms with Gasteiger partial charge in [-0.2, -0.15) is 0 Å². The molecule has 4 heteroatoms. The maximum atomic E-state index is 11.8. The van der Waals surface area contributed by atoms with Gasteiger partial charge in [0.1, 0.15) is 0 Å². The molecule has 0 aromatic carbocycles. The monoisotopic (exact) mass is 217 g/mol. The molecule has 0 fully saturated rings. The Labute approximate surface area is 91.8 Å². The predicted octanol–water partition coefficient (Wildman–Crippen LogP) is 1.07. The molecule has 1 unspecified atom stereocenters. The van der Waals surface area contributed by atoms with Crippen molar-refractivity contribution in [1.82, 2.24) is 0 Å². The van der Waals surface area contributed by atoms with Crippen LogP contribution in [0.15, 0.2) is 0 Å². The van der Waals surface area contributed by atoms with E-state index in [1.807, 2.05) is 6.92 Å². The molecule has 90 valence electrons. The molecule has 0 saturated heterocycles. The summed E-state index contributed by atoms with van der Waals surface area (Å²) in [7, 11) is 0. The first kappa shape index (κ1) is 14.4. The first-order valence-electron chi connectivity index (χ1n) is 5.65. The second-order valence-corrected chi connectivity index (χ2v) is 3.78. The molecule has 1 atom stereocenters. The second kappa shape index (κ2) is 7.65. The zero-order valence-electron chi connectivity index (χ0n) is 9.79. The van der Waals surface area contributed by atoms with E-state index >= 15 is 0 Å². The number of aliphatic hydroxyl groups is 1. The number of ether oxygens (including phenoxy) is 1. The Morgan fingerprint density at radius 2 is 2.07 bits per heavy atom. The van der Waals surface area contributed by atoms with Crippen molar-refractivity contribution >= 4 is 5.97 Å². The minimum absolute atomic E-state index is 0.0882. The van der Waals surface area contributed by atoms with Crippen LogP contribution in [0.4, 0.5) is 0 Å². The normalized spacial score (nSPS) is 14.7. The van der Waals surface area contributed by atoms with Crippen molar-refractivity contribution in [1.29, 1.82) is 0 Å². The van der Waals surface area contributed by atoms with Crippen molar-refractivity contribution < 1.29 is 14.6 Å². The summed E-state index contributed by atoms with van der Waals surface area (Å²) in [5, 5.41) is 8.81. The minimum Gasteiger partial charge on any atom is -0.466 e. The van der Waals surface area contributed by atoms with Gasteiger partial charge in [-0.05, 0) is 26.2 Å². The molecule has 0 aromatic rings. The fourth-order valence-electron chi connectivity index (χ4n) is 1.80. The molecule has 0 aliphatic carbocycles.